The number of hydrogen-bond donors (Lipinski definition) is 0. The minimum absolute atomic E-state index is 0.0669. The molecule has 0 saturated heterocycles. The summed E-state index contributed by atoms with van der Waals surface area (Å²) < 4.78 is 2.90. The Morgan fingerprint density at radius 2 is 2.10 bits per heavy atom. The molecule has 0 unspecified atom stereocenters. The van der Waals surface area contributed by atoms with Crippen molar-refractivity contribution in [2.75, 3.05) is 0 Å². The van der Waals surface area contributed by atoms with Crippen LogP contribution in [0.1, 0.15) is 29.0 Å². The summed E-state index contributed by atoms with van der Waals surface area (Å²) >= 11 is 5.99. The van der Waals surface area contributed by atoms with Crippen LogP contribution in [0.4, 0.5) is 0 Å². The monoisotopic (exact) mass is 291 g/mol. The van der Waals surface area contributed by atoms with E-state index < -0.39 is 0 Å². The third-order valence-electron chi connectivity index (χ3n) is 3.50. The minimum Gasteiger partial charge on any atom is -0.292 e. The van der Waals surface area contributed by atoms with Gasteiger partial charge >= 0.3 is 5.69 Å². The van der Waals surface area contributed by atoms with Crippen molar-refractivity contribution in [2.45, 2.75) is 32.4 Å². The second-order valence-corrected chi connectivity index (χ2v) is 5.28. The Hall–Kier alpha value is -1.88. The van der Waals surface area contributed by atoms with Gasteiger partial charge in [-0.2, -0.15) is 5.10 Å². The molecule has 5 nitrogen and oxygen atoms in total. The predicted molar refractivity (Wildman–Crippen MR) is 75.2 cm³/mol. The van der Waals surface area contributed by atoms with E-state index in [1.807, 2.05) is 0 Å². The van der Waals surface area contributed by atoms with Gasteiger partial charge in [0.15, 0.2) is 5.78 Å². The minimum atomic E-state index is -0.208. The fourth-order valence-electron chi connectivity index (χ4n) is 2.46. The first kappa shape index (κ1) is 13.1. The third-order valence-corrected chi connectivity index (χ3v) is 3.83. The zero-order chi connectivity index (χ0) is 14.1. The average Bonchev–Trinajstić information content (AvgIpc) is 2.76. The fraction of sp³-hybridized carbons (Fsp3) is 0.357. The van der Waals surface area contributed by atoms with E-state index in [2.05, 4.69) is 5.10 Å². The quantitative estimate of drug-likeness (QED) is 0.812. The molecule has 3 rings (SSSR count). The summed E-state index contributed by atoms with van der Waals surface area (Å²) in [5, 5.41) is 4.65. The van der Waals surface area contributed by atoms with Gasteiger partial charge in [0, 0.05) is 18.5 Å². The summed E-state index contributed by atoms with van der Waals surface area (Å²) in [7, 11) is 0. The maximum Gasteiger partial charge on any atom is 0.346 e. The molecule has 1 aliphatic rings. The van der Waals surface area contributed by atoms with Gasteiger partial charge in [-0.3, -0.25) is 9.36 Å². The van der Waals surface area contributed by atoms with E-state index >= 15 is 0 Å². The molecule has 104 valence electrons. The summed E-state index contributed by atoms with van der Waals surface area (Å²) in [5.41, 5.74) is 0.215. The number of hydrogen-bond acceptors (Lipinski definition) is 3. The largest absolute Gasteiger partial charge is 0.346 e. The standard InChI is InChI=1S/C14H14ClN3O2/c15-11-6-2-1-5-10(11)12(19)9-18-14(20)17-8-4-3-7-13(17)16-18/h1-2,5-6H,3-4,7-9H2. The Morgan fingerprint density at radius 1 is 1.30 bits per heavy atom. The highest BCUT2D eigenvalue weighted by Crippen LogP contribution is 2.16. The van der Waals surface area contributed by atoms with Crippen molar-refractivity contribution in [1.29, 1.82) is 0 Å². The topological polar surface area (TPSA) is 56.9 Å². The first-order chi connectivity index (χ1) is 9.66. The van der Waals surface area contributed by atoms with Crippen LogP contribution >= 0.6 is 11.6 Å². The Morgan fingerprint density at radius 3 is 2.85 bits per heavy atom. The SMILES string of the molecule is O=C(Cn1nc2n(c1=O)CCCC2)c1ccccc1Cl. The number of fused-ring (bicyclic) bond motifs is 1. The van der Waals surface area contributed by atoms with Gasteiger partial charge in [-0.05, 0) is 25.0 Å². The fourth-order valence-corrected chi connectivity index (χ4v) is 2.70. The lowest BCUT2D eigenvalue weighted by Gasteiger charge is -2.09. The van der Waals surface area contributed by atoms with Crippen molar-refractivity contribution < 1.29 is 4.79 Å². The van der Waals surface area contributed by atoms with Gasteiger partial charge in [-0.15, -0.1) is 0 Å². The van der Waals surface area contributed by atoms with Crippen molar-refractivity contribution in [3.8, 4) is 0 Å². The van der Waals surface area contributed by atoms with Gasteiger partial charge in [0.25, 0.3) is 0 Å². The first-order valence-corrected chi connectivity index (χ1v) is 6.99. The number of carbonyl (C=O) groups is 1. The molecule has 0 radical (unpaired) electrons. The maximum absolute atomic E-state index is 12.2. The molecule has 0 N–H and O–H groups in total. The number of halogens is 1. The van der Waals surface area contributed by atoms with E-state index in [1.165, 1.54) is 4.68 Å². The van der Waals surface area contributed by atoms with Gasteiger partial charge in [0.1, 0.15) is 12.4 Å². The molecule has 6 heteroatoms. The zero-order valence-corrected chi connectivity index (χ0v) is 11.6. The van der Waals surface area contributed by atoms with Crippen molar-refractivity contribution in [3.63, 3.8) is 0 Å². The Bertz CT molecular complexity index is 717. The summed E-state index contributed by atoms with van der Waals surface area (Å²) in [6.45, 7) is 0.622. The number of benzene rings is 1. The average molecular weight is 292 g/mol. The molecule has 0 amide bonds. The van der Waals surface area contributed by atoms with Gasteiger partial charge in [-0.25, -0.2) is 9.48 Å². The first-order valence-electron chi connectivity index (χ1n) is 6.61. The Balaban J connectivity index is 1.89. The van der Waals surface area contributed by atoms with Crippen LogP contribution in [0, 0.1) is 0 Å². The van der Waals surface area contributed by atoms with Gasteiger partial charge in [0.05, 0.1) is 5.02 Å². The van der Waals surface area contributed by atoms with Crippen LogP contribution in [0.3, 0.4) is 0 Å². The zero-order valence-electron chi connectivity index (χ0n) is 10.9. The van der Waals surface area contributed by atoms with Crippen LogP contribution in [0.25, 0.3) is 0 Å². The number of aryl methyl sites for hydroxylation is 1. The highest BCUT2D eigenvalue weighted by atomic mass is 35.5. The molecule has 2 heterocycles. The molecule has 1 aromatic carbocycles. The molecular weight excluding hydrogens is 278 g/mol. The van der Waals surface area contributed by atoms with E-state index in [4.69, 9.17) is 11.6 Å². The van der Waals surface area contributed by atoms with Crippen LogP contribution in [0.5, 0.6) is 0 Å². The second kappa shape index (κ2) is 5.25. The van der Waals surface area contributed by atoms with Crippen molar-refractivity contribution in [1.82, 2.24) is 14.3 Å². The van der Waals surface area contributed by atoms with E-state index in [0.717, 1.165) is 25.1 Å². The Kier molecular flexibility index (Phi) is 3.44. The van der Waals surface area contributed by atoms with Gasteiger partial charge in [-0.1, -0.05) is 23.7 Å². The molecule has 0 aliphatic carbocycles. The smallest absolute Gasteiger partial charge is 0.292 e. The lowest BCUT2D eigenvalue weighted by Crippen LogP contribution is -2.29. The third kappa shape index (κ3) is 2.29. The molecule has 1 aromatic heterocycles. The number of carbonyl (C=O) groups excluding carboxylic acids is 1. The molecule has 2 aromatic rings. The van der Waals surface area contributed by atoms with E-state index in [9.17, 15) is 9.59 Å². The van der Waals surface area contributed by atoms with E-state index in [-0.39, 0.29) is 18.0 Å². The van der Waals surface area contributed by atoms with E-state index in [0.29, 0.717) is 17.1 Å². The second-order valence-electron chi connectivity index (χ2n) is 4.87. The summed E-state index contributed by atoms with van der Waals surface area (Å²) in [5.74, 6) is 0.571. The number of Topliss-reactive ketones (excluding diaryl/α,β-unsaturated/α-hetero) is 1. The number of ketones is 1. The molecule has 0 fully saturated rings. The van der Waals surface area contributed by atoms with Crippen LogP contribution in [-0.4, -0.2) is 20.1 Å². The van der Waals surface area contributed by atoms with Gasteiger partial charge < -0.3 is 0 Å². The summed E-state index contributed by atoms with van der Waals surface area (Å²) in [6, 6.07) is 6.84. The van der Waals surface area contributed by atoms with Crippen LogP contribution in [0.2, 0.25) is 5.02 Å². The highest BCUT2D eigenvalue weighted by Gasteiger charge is 2.19. The number of aromatic nitrogens is 3. The Labute approximate surface area is 120 Å². The van der Waals surface area contributed by atoms with Crippen LogP contribution in [0.15, 0.2) is 29.1 Å². The maximum atomic E-state index is 12.2. The molecule has 1 aliphatic heterocycles. The lowest BCUT2D eigenvalue weighted by atomic mass is 10.1. The lowest BCUT2D eigenvalue weighted by molar-refractivity contribution is 0.0966. The van der Waals surface area contributed by atoms with Crippen molar-refractivity contribution in [2.24, 2.45) is 0 Å². The van der Waals surface area contributed by atoms with Crippen molar-refractivity contribution >= 4 is 17.4 Å². The predicted octanol–water partition coefficient (Wildman–Crippen LogP) is 1.92. The van der Waals surface area contributed by atoms with Crippen LogP contribution < -0.4 is 5.69 Å². The molecular formula is C14H14ClN3O2. The summed E-state index contributed by atoms with van der Waals surface area (Å²) in [6.07, 6.45) is 2.81. The van der Waals surface area contributed by atoms with Gasteiger partial charge in [0.2, 0.25) is 0 Å². The van der Waals surface area contributed by atoms with Crippen molar-refractivity contribution in [3.05, 3.63) is 51.2 Å². The molecule has 0 spiro atoms. The number of nitrogens with zero attached hydrogens (tertiary/aromatic N) is 3. The molecule has 20 heavy (non-hydrogen) atoms. The normalized spacial score (nSPS) is 14.1. The van der Waals surface area contributed by atoms with E-state index in [1.54, 1.807) is 28.8 Å². The highest BCUT2D eigenvalue weighted by molar-refractivity contribution is 6.33. The molecule has 0 saturated carbocycles. The molecule has 0 atom stereocenters. The number of rotatable bonds is 3. The van der Waals surface area contributed by atoms with Crippen LogP contribution in [-0.2, 0) is 19.5 Å². The molecule has 0 bridgehead atoms. The summed E-state index contributed by atoms with van der Waals surface area (Å²) in [4.78, 5) is 24.4.